The van der Waals surface area contributed by atoms with Crippen LogP contribution in [0.2, 0.25) is 0 Å². The fraction of sp³-hybridized carbons (Fsp3) is 0.118. The van der Waals surface area contributed by atoms with Gasteiger partial charge in [0.1, 0.15) is 0 Å². The van der Waals surface area contributed by atoms with Crippen molar-refractivity contribution in [3.63, 3.8) is 0 Å². The molecule has 0 amide bonds. The van der Waals surface area contributed by atoms with Crippen LogP contribution in [0.15, 0.2) is 103 Å². The van der Waals surface area contributed by atoms with Gasteiger partial charge in [-0.25, -0.2) is 0 Å². The van der Waals surface area contributed by atoms with Crippen LogP contribution < -0.4 is 35.3 Å². The molecule has 0 radical (unpaired) electrons. The molecule has 0 saturated heterocycles. The molecule has 7 rings (SSSR count). The number of hydrogen-bond acceptors (Lipinski definition) is 0. The van der Waals surface area contributed by atoms with Crippen LogP contribution in [-0.2, 0) is 24.7 Å². The second kappa shape index (κ2) is 10.7. The van der Waals surface area contributed by atoms with Gasteiger partial charge in [0, 0.05) is 0 Å². The molecule has 179 valence electrons. The predicted molar refractivity (Wildman–Crippen MR) is 142 cm³/mol. The second-order valence-corrected chi connectivity index (χ2v) is 11.0. The first-order chi connectivity index (χ1) is 17.3. The van der Waals surface area contributed by atoms with Crippen LogP contribution >= 0.6 is 0 Å². The van der Waals surface area contributed by atoms with E-state index in [1.165, 1.54) is 107 Å². The van der Waals surface area contributed by atoms with E-state index >= 15 is 0 Å². The number of allylic oxidation sites excluding steroid dienone is 4. The Labute approximate surface area is 245 Å². The molecule has 4 aromatic rings. The van der Waals surface area contributed by atoms with Crippen molar-refractivity contribution in [3.05, 3.63) is 135 Å². The quantitative estimate of drug-likeness (QED) is 0.332. The molecule has 0 nitrogen and oxygen atoms in total. The van der Waals surface area contributed by atoms with Crippen LogP contribution in [0.5, 0.6) is 0 Å². The van der Waals surface area contributed by atoms with Crippen LogP contribution in [0, 0.1) is 10.4 Å². The van der Waals surface area contributed by atoms with E-state index in [0.29, 0.717) is 0 Å². The first-order valence-corrected chi connectivity index (χ1v) is 13.8. The summed E-state index contributed by atoms with van der Waals surface area (Å²) >= 11 is 1.49. The van der Waals surface area contributed by atoms with E-state index in [1.54, 1.807) is 5.57 Å². The monoisotopic (exact) mass is 593 g/mol. The standard InChI is InChI=1S/C34H25.2ClH.Zr/c1-3-10-23(11-4-1)27-18-19-28-21-32-31(29(28)20-27)22-30(24-12-5-2-6-13-24)33(26-16-9-17-26)34(32)25-14-7-8-15-25;;;/h1-8,10-14,18-20,22H,9,15-17H2;2*1H;/q;;;+2/p-2. The predicted octanol–water partition coefficient (Wildman–Crippen LogP) is 1.01. The van der Waals surface area contributed by atoms with Crippen LogP contribution in [0.1, 0.15) is 36.8 Å². The first-order valence-electron chi connectivity index (χ1n) is 12.6. The molecule has 0 N–H and O–H groups in total. The van der Waals surface area contributed by atoms with E-state index in [2.05, 4.69) is 103 Å². The minimum absolute atomic E-state index is 0. The average molecular weight is 596 g/mol. The van der Waals surface area contributed by atoms with Crippen LogP contribution in [-0.4, -0.2) is 0 Å². The van der Waals surface area contributed by atoms with Gasteiger partial charge in [0.25, 0.3) is 0 Å². The SMILES string of the molecule is [Cl-].[Cl-].[Zr+2][C]1=c2ccc(-c3ccccc3)cc2=c2cc(-c3ccccc3)c(=C3CCC3)c(C3=CC=CC3)c21. The fourth-order valence-electron chi connectivity index (χ4n) is 5.85. The van der Waals surface area contributed by atoms with Crippen molar-refractivity contribution in [2.75, 3.05) is 0 Å². The molecule has 37 heavy (non-hydrogen) atoms. The van der Waals surface area contributed by atoms with Gasteiger partial charge in [-0.05, 0) is 0 Å². The van der Waals surface area contributed by atoms with Crippen molar-refractivity contribution in [3.8, 4) is 22.3 Å². The van der Waals surface area contributed by atoms with Gasteiger partial charge in [-0.3, -0.25) is 0 Å². The van der Waals surface area contributed by atoms with Crippen molar-refractivity contribution in [1.29, 1.82) is 0 Å². The molecule has 3 heteroatoms. The van der Waals surface area contributed by atoms with Gasteiger partial charge in [0.05, 0.1) is 0 Å². The van der Waals surface area contributed by atoms with E-state index < -0.39 is 0 Å². The van der Waals surface area contributed by atoms with E-state index in [-0.39, 0.29) is 24.8 Å². The van der Waals surface area contributed by atoms with E-state index in [1.807, 2.05) is 0 Å². The summed E-state index contributed by atoms with van der Waals surface area (Å²) in [6.45, 7) is 0. The Hall–Kier alpha value is -2.44. The van der Waals surface area contributed by atoms with E-state index in [4.69, 9.17) is 0 Å². The summed E-state index contributed by atoms with van der Waals surface area (Å²) in [6, 6.07) is 31.4. The summed E-state index contributed by atoms with van der Waals surface area (Å²) in [5.74, 6) is 0. The third kappa shape index (κ3) is 4.36. The van der Waals surface area contributed by atoms with Crippen molar-refractivity contribution in [2.24, 2.45) is 0 Å². The summed E-state index contributed by atoms with van der Waals surface area (Å²) in [5, 5.41) is 5.74. The molecule has 0 heterocycles. The number of halogens is 2. The van der Waals surface area contributed by atoms with Gasteiger partial charge < -0.3 is 24.8 Å². The van der Waals surface area contributed by atoms with Crippen LogP contribution in [0.3, 0.4) is 0 Å². The molecule has 1 fully saturated rings. The zero-order valence-electron chi connectivity index (χ0n) is 20.4. The Bertz CT molecular complexity index is 1780. The Morgan fingerprint density at radius 3 is 1.95 bits per heavy atom. The zero-order valence-corrected chi connectivity index (χ0v) is 24.4. The van der Waals surface area contributed by atoms with Crippen molar-refractivity contribution in [2.45, 2.75) is 25.7 Å². The number of hydrogen-bond donors (Lipinski definition) is 0. The summed E-state index contributed by atoms with van der Waals surface area (Å²) in [6.07, 6.45) is 11.7. The van der Waals surface area contributed by atoms with Crippen molar-refractivity contribution >= 4 is 14.4 Å². The molecule has 1 saturated carbocycles. The summed E-state index contributed by atoms with van der Waals surface area (Å²) in [5.41, 5.74) is 11.4. The third-order valence-electron chi connectivity index (χ3n) is 7.75. The van der Waals surface area contributed by atoms with Gasteiger partial charge in [0.15, 0.2) is 0 Å². The number of benzene rings is 4. The molecule has 0 atom stereocenters. The van der Waals surface area contributed by atoms with Gasteiger partial charge in [-0.2, -0.15) is 0 Å². The number of rotatable bonds is 3. The molecule has 0 aliphatic heterocycles. The zero-order chi connectivity index (χ0) is 23.4. The van der Waals surface area contributed by atoms with Crippen molar-refractivity contribution in [1.82, 2.24) is 0 Å². The molecule has 0 aromatic heterocycles. The first kappa shape index (κ1) is 26.2. The topological polar surface area (TPSA) is 0 Å². The fourth-order valence-corrected chi connectivity index (χ4v) is 7.03. The second-order valence-electron chi connectivity index (χ2n) is 9.75. The summed E-state index contributed by atoms with van der Waals surface area (Å²) in [4.78, 5) is 0. The van der Waals surface area contributed by atoms with Gasteiger partial charge >= 0.3 is 222 Å². The molecule has 3 aliphatic carbocycles. The third-order valence-corrected chi connectivity index (χ3v) is 9.03. The van der Waals surface area contributed by atoms with Gasteiger partial charge in [-0.15, -0.1) is 0 Å². The van der Waals surface area contributed by atoms with Crippen LogP contribution in [0.4, 0.5) is 0 Å². The Morgan fingerprint density at radius 2 is 1.32 bits per heavy atom. The van der Waals surface area contributed by atoms with E-state index in [9.17, 15) is 0 Å². The Kier molecular flexibility index (Phi) is 7.60. The molecular formula is C34H25Cl2Zr. The maximum absolute atomic E-state index is 2.52. The maximum atomic E-state index is 2.52. The molecular weight excluding hydrogens is 571 g/mol. The number of fused-ring (bicyclic) bond motifs is 2. The van der Waals surface area contributed by atoms with Gasteiger partial charge in [-0.1, -0.05) is 0 Å². The molecule has 3 aliphatic rings. The molecule has 0 bridgehead atoms. The normalized spacial score (nSPS) is 14.8. The van der Waals surface area contributed by atoms with Gasteiger partial charge in [0.2, 0.25) is 0 Å². The van der Waals surface area contributed by atoms with Crippen molar-refractivity contribution < 1.29 is 49.5 Å². The molecule has 0 unspecified atom stereocenters. The Morgan fingerprint density at radius 1 is 0.622 bits per heavy atom. The van der Waals surface area contributed by atoms with Crippen LogP contribution in [0.25, 0.3) is 36.7 Å². The Balaban J connectivity index is 0.00000140. The summed E-state index contributed by atoms with van der Waals surface area (Å²) < 4.78 is 1.50. The minimum atomic E-state index is 0. The molecule has 0 spiro atoms. The summed E-state index contributed by atoms with van der Waals surface area (Å²) in [7, 11) is 0. The average Bonchev–Trinajstić information content (AvgIpc) is 3.51. The molecule has 4 aromatic carbocycles. The van der Waals surface area contributed by atoms with E-state index in [0.717, 1.165) is 6.42 Å².